The highest BCUT2D eigenvalue weighted by molar-refractivity contribution is 6.02. The maximum absolute atomic E-state index is 11.3. The van der Waals surface area contributed by atoms with Gasteiger partial charge in [-0.15, -0.1) is 0 Å². The second-order valence-corrected chi connectivity index (χ2v) is 8.50. The summed E-state index contributed by atoms with van der Waals surface area (Å²) in [6.07, 6.45) is 8.97. The molecule has 1 unspecified atom stereocenters. The van der Waals surface area contributed by atoms with E-state index in [4.69, 9.17) is 4.98 Å². The predicted octanol–water partition coefficient (Wildman–Crippen LogP) is 6.45. The number of nitrogens with zero attached hydrogens (tertiary/aromatic N) is 2. The lowest BCUT2D eigenvalue weighted by atomic mass is 9.96. The minimum atomic E-state index is -0.934. The van der Waals surface area contributed by atoms with Crippen molar-refractivity contribution in [1.29, 1.82) is 0 Å². The average molecular weight is 439 g/mol. The molecule has 0 bridgehead atoms. The van der Waals surface area contributed by atoms with Crippen molar-refractivity contribution in [2.75, 3.05) is 5.32 Å². The molecule has 0 fully saturated rings. The van der Waals surface area contributed by atoms with Crippen LogP contribution >= 0.6 is 0 Å². The summed E-state index contributed by atoms with van der Waals surface area (Å²) >= 11 is 0. The van der Waals surface area contributed by atoms with Crippen LogP contribution < -0.4 is 5.32 Å². The highest BCUT2D eigenvalue weighted by atomic mass is 16.4. The molecule has 0 saturated carbocycles. The lowest BCUT2D eigenvalue weighted by Crippen LogP contribution is -2.08. The molecule has 2 aromatic heterocycles. The van der Waals surface area contributed by atoms with Crippen LogP contribution in [-0.4, -0.2) is 26.3 Å². The van der Waals surface area contributed by atoms with Gasteiger partial charge in [-0.1, -0.05) is 36.4 Å². The number of carbonyl (C=O) groups is 1. The lowest BCUT2D eigenvalue weighted by molar-refractivity contribution is 0.0696. The third kappa shape index (κ3) is 4.24. The van der Waals surface area contributed by atoms with Gasteiger partial charge in [-0.2, -0.15) is 5.10 Å². The van der Waals surface area contributed by atoms with E-state index in [0.29, 0.717) is 0 Å². The van der Waals surface area contributed by atoms with Crippen LogP contribution in [0.1, 0.15) is 60.3 Å². The molecule has 2 aromatic carbocycles. The SMILES string of the molecule is CC(Nc1n[nH]c2cccc(-c3ccc(C4=CCCCC4)nc3)c12)c1cccc(C(=O)O)c1. The van der Waals surface area contributed by atoms with E-state index in [9.17, 15) is 9.90 Å². The number of nitrogens with one attached hydrogen (secondary N) is 2. The zero-order chi connectivity index (χ0) is 22.8. The average Bonchev–Trinajstić information content (AvgIpc) is 3.27. The fourth-order valence-corrected chi connectivity index (χ4v) is 4.46. The van der Waals surface area contributed by atoms with E-state index in [1.165, 1.54) is 18.4 Å². The normalized spacial score (nSPS) is 14.6. The summed E-state index contributed by atoms with van der Waals surface area (Å²) in [5.74, 6) is -0.204. The van der Waals surface area contributed by atoms with Gasteiger partial charge >= 0.3 is 5.97 Å². The number of rotatable bonds is 6. The van der Waals surface area contributed by atoms with Gasteiger partial charge in [0.05, 0.1) is 28.2 Å². The van der Waals surface area contributed by atoms with E-state index < -0.39 is 5.97 Å². The van der Waals surface area contributed by atoms with Crippen LogP contribution in [0, 0.1) is 0 Å². The molecule has 0 aliphatic heterocycles. The van der Waals surface area contributed by atoms with Crippen LogP contribution in [0.15, 0.2) is 66.9 Å². The van der Waals surface area contributed by atoms with Gasteiger partial charge in [0.2, 0.25) is 0 Å². The molecule has 3 N–H and O–H groups in total. The number of aromatic carboxylic acids is 1. The Hall–Kier alpha value is -3.93. The summed E-state index contributed by atoms with van der Waals surface area (Å²) in [6, 6.07) is 17.2. The molecule has 6 nitrogen and oxygen atoms in total. The minimum absolute atomic E-state index is 0.123. The monoisotopic (exact) mass is 438 g/mol. The summed E-state index contributed by atoms with van der Waals surface area (Å²) < 4.78 is 0. The van der Waals surface area contributed by atoms with Crippen LogP contribution in [-0.2, 0) is 0 Å². The van der Waals surface area contributed by atoms with E-state index in [2.05, 4.69) is 39.8 Å². The minimum Gasteiger partial charge on any atom is -0.478 e. The van der Waals surface area contributed by atoms with Gasteiger partial charge in [-0.05, 0) is 73.6 Å². The van der Waals surface area contributed by atoms with Gasteiger partial charge in [-0.25, -0.2) is 4.79 Å². The summed E-state index contributed by atoms with van der Waals surface area (Å²) in [5, 5.41) is 21.4. The Morgan fingerprint density at radius 2 is 2.00 bits per heavy atom. The molecular weight excluding hydrogens is 412 g/mol. The lowest BCUT2D eigenvalue weighted by Gasteiger charge is -2.16. The topological polar surface area (TPSA) is 90.9 Å². The number of carboxylic acids is 1. The Morgan fingerprint density at radius 3 is 2.76 bits per heavy atom. The summed E-state index contributed by atoms with van der Waals surface area (Å²) in [4.78, 5) is 16.1. The molecule has 0 amide bonds. The van der Waals surface area contributed by atoms with E-state index in [1.807, 2.05) is 31.3 Å². The number of hydrogen-bond donors (Lipinski definition) is 3. The van der Waals surface area contributed by atoms with Gasteiger partial charge in [0, 0.05) is 11.8 Å². The first-order valence-electron chi connectivity index (χ1n) is 11.3. The Morgan fingerprint density at radius 1 is 1.12 bits per heavy atom. The second kappa shape index (κ2) is 8.90. The highest BCUT2D eigenvalue weighted by Crippen LogP contribution is 2.35. The number of hydrogen-bond acceptors (Lipinski definition) is 4. The van der Waals surface area contributed by atoms with E-state index in [1.54, 1.807) is 18.2 Å². The number of anilines is 1. The highest BCUT2D eigenvalue weighted by Gasteiger charge is 2.16. The van der Waals surface area contributed by atoms with Gasteiger partial charge in [0.1, 0.15) is 0 Å². The molecule has 166 valence electrons. The first kappa shape index (κ1) is 20.9. The number of allylic oxidation sites excluding steroid dienone is 2. The second-order valence-electron chi connectivity index (χ2n) is 8.50. The van der Waals surface area contributed by atoms with Crippen LogP contribution in [0.3, 0.4) is 0 Å². The molecule has 0 saturated heterocycles. The molecular formula is C27H26N4O2. The maximum Gasteiger partial charge on any atom is 0.335 e. The number of aromatic amines is 1. The fourth-order valence-electron chi connectivity index (χ4n) is 4.46. The zero-order valence-electron chi connectivity index (χ0n) is 18.5. The first-order valence-corrected chi connectivity index (χ1v) is 11.3. The maximum atomic E-state index is 11.3. The third-order valence-corrected chi connectivity index (χ3v) is 6.27. The van der Waals surface area contributed by atoms with Crippen molar-refractivity contribution >= 4 is 28.3 Å². The van der Waals surface area contributed by atoms with Crippen molar-refractivity contribution in [1.82, 2.24) is 15.2 Å². The van der Waals surface area contributed by atoms with Crippen molar-refractivity contribution in [3.8, 4) is 11.1 Å². The number of carboxylic acid groups (broad SMARTS) is 1. The summed E-state index contributed by atoms with van der Waals surface area (Å²) in [5.41, 5.74) is 6.57. The van der Waals surface area contributed by atoms with Crippen LogP contribution in [0.2, 0.25) is 0 Å². The largest absolute Gasteiger partial charge is 0.478 e. The molecule has 5 rings (SSSR count). The van der Waals surface area contributed by atoms with Crippen molar-refractivity contribution in [3.05, 3.63) is 83.7 Å². The number of fused-ring (bicyclic) bond motifs is 1. The molecule has 6 heteroatoms. The standard InChI is InChI=1S/C27H26N4O2/c1-17(19-9-5-10-20(15-19)27(32)33)29-26-25-22(11-6-12-24(25)30-31-26)21-13-14-23(28-16-21)18-7-3-2-4-8-18/h5-7,9-17H,2-4,8H2,1H3,(H,32,33)(H2,29,30,31). The molecule has 1 aliphatic rings. The summed E-state index contributed by atoms with van der Waals surface area (Å²) in [6.45, 7) is 2.00. The molecule has 1 atom stereocenters. The van der Waals surface area contributed by atoms with Crippen molar-refractivity contribution in [2.24, 2.45) is 0 Å². The first-order chi connectivity index (χ1) is 16.1. The van der Waals surface area contributed by atoms with Crippen molar-refractivity contribution in [2.45, 2.75) is 38.6 Å². The van der Waals surface area contributed by atoms with Gasteiger partial charge < -0.3 is 10.4 Å². The number of aromatic nitrogens is 3. The molecule has 4 aromatic rings. The van der Waals surface area contributed by atoms with E-state index in [-0.39, 0.29) is 11.6 Å². The Kier molecular flexibility index (Phi) is 5.65. The van der Waals surface area contributed by atoms with Crippen LogP contribution in [0.25, 0.3) is 27.6 Å². The number of benzene rings is 2. The van der Waals surface area contributed by atoms with E-state index in [0.717, 1.165) is 51.9 Å². The van der Waals surface area contributed by atoms with Gasteiger partial charge in [0.25, 0.3) is 0 Å². The quantitative estimate of drug-likeness (QED) is 0.322. The zero-order valence-corrected chi connectivity index (χ0v) is 18.5. The van der Waals surface area contributed by atoms with E-state index >= 15 is 0 Å². The fraction of sp³-hybridized carbons (Fsp3) is 0.222. The van der Waals surface area contributed by atoms with Crippen molar-refractivity contribution < 1.29 is 9.90 Å². The van der Waals surface area contributed by atoms with Crippen LogP contribution in [0.4, 0.5) is 5.82 Å². The van der Waals surface area contributed by atoms with Crippen LogP contribution in [0.5, 0.6) is 0 Å². The Labute approximate surface area is 192 Å². The molecule has 1 aliphatic carbocycles. The number of pyridine rings is 1. The Balaban J connectivity index is 1.47. The molecule has 0 spiro atoms. The summed E-state index contributed by atoms with van der Waals surface area (Å²) in [7, 11) is 0. The smallest absolute Gasteiger partial charge is 0.335 e. The van der Waals surface area contributed by atoms with Gasteiger partial charge in [0.15, 0.2) is 5.82 Å². The molecule has 33 heavy (non-hydrogen) atoms. The van der Waals surface area contributed by atoms with Gasteiger partial charge in [-0.3, -0.25) is 10.1 Å². The third-order valence-electron chi connectivity index (χ3n) is 6.27. The molecule has 2 heterocycles. The Bertz CT molecular complexity index is 1340. The predicted molar refractivity (Wildman–Crippen MR) is 131 cm³/mol. The van der Waals surface area contributed by atoms with Crippen molar-refractivity contribution in [3.63, 3.8) is 0 Å². The molecule has 0 radical (unpaired) electrons. The number of H-pyrrole nitrogens is 1.